The molecule has 1 aliphatic rings. The van der Waals surface area contributed by atoms with E-state index in [9.17, 15) is 14.7 Å². The summed E-state index contributed by atoms with van der Waals surface area (Å²) in [5.74, 6) is -0.591. The molecule has 0 aliphatic carbocycles. The van der Waals surface area contributed by atoms with Gasteiger partial charge in [0.25, 0.3) is 0 Å². The van der Waals surface area contributed by atoms with E-state index in [0.717, 1.165) is 31.2 Å². The summed E-state index contributed by atoms with van der Waals surface area (Å²) in [6.45, 7) is 0.697. The van der Waals surface area contributed by atoms with Gasteiger partial charge in [0, 0.05) is 19.4 Å². The minimum absolute atomic E-state index is 0.0462. The molecule has 1 unspecified atom stereocenters. The summed E-state index contributed by atoms with van der Waals surface area (Å²) in [4.78, 5) is 24.4. The number of carboxylic acids is 1. The van der Waals surface area contributed by atoms with Gasteiger partial charge in [-0.1, -0.05) is 55.3 Å². The molecule has 1 fully saturated rings. The smallest absolute Gasteiger partial charge is 0.303 e. The number of amides is 1. The van der Waals surface area contributed by atoms with Crippen LogP contribution in [0.2, 0.25) is 0 Å². The average molecular weight is 345 g/mol. The number of likely N-dealkylation sites (tertiary alicyclic amines) is 1. The first-order valence-corrected chi connectivity index (χ1v) is 9.00. The molecule has 1 aromatic carbocycles. The summed E-state index contributed by atoms with van der Waals surface area (Å²) in [7, 11) is 0. The zero-order valence-electron chi connectivity index (χ0n) is 14.5. The lowest BCUT2D eigenvalue weighted by atomic mass is 10.1. The van der Waals surface area contributed by atoms with E-state index in [1.807, 2.05) is 41.3 Å². The second-order valence-electron chi connectivity index (χ2n) is 6.49. The molecule has 0 radical (unpaired) electrons. The molecule has 1 aliphatic heterocycles. The second-order valence-corrected chi connectivity index (χ2v) is 6.49. The van der Waals surface area contributed by atoms with Crippen LogP contribution in [0.3, 0.4) is 0 Å². The molecule has 1 saturated heterocycles. The number of aliphatic carboxylic acids is 1. The number of carbonyl (C=O) groups excluding carboxylic acids is 1. The topological polar surface area (TPSA) is 77.8 Å². The molecule has 2 N–H and O–H groups in total. The van der Waals surface area contributed by atoms with E-state index in [4.69, 9.17) is 5.11 Å². The van der Waals surface area contributed by atoms with Crippen LogP contribution in [0, 0.1) is 0 Å². The molecular weight excluding hydrogens is 318 g/mol. The van der Waals surface area contributed by atoms with Gasteiger partial charge in [-0.3, -0.25) is 9.59 Å². The Morgan fingerprint density at radius 3 is 2.64 bits per heavy atom. The van der Waals surface area contributed by atoms with E-state index in [-0.39, 0.29) is 18.4 Å². The number of carbonyl (C=O) groups is 2. The number of benzene rings is 1. The Hall–Kier alpha value is -2.14. The molecule has 136 valence electrons. The van der Waals surface area contributed by atoms with Gasteiger partial charge >= 0.3 is 5.97 Å². The van der Waals surface area contributed by atoms with Crippen molar-refractivity contribution in [3.8, 4) is 0 Å². The molecule has 0 bridgehead atoms. The lowest BCUT2D eigenvalue weighted by Gasteiger charge is -2.22. The number of carboxylic acid groups (broad SMARTS) is 1. The van der Waals surface area contributed by atoms with Gasteiger partial charge in [-0.2, -0.15) is 0 Å². The second kappa shape index (κ2) is 9.99. The molecule has 1 amide bonds. The van der Waals surface area contributed by atoms with Crippen molar-refractivity contribution in [1.82, 2.24) is 4.90 Å². The highest BCUT2D eigenvalue weighted by Crippen LogP contribution is 2.22. The number of aliphatic hydroxyl groups is 1. The Morgan fingerprint density at radius 2 is 1.92 bits per heavy atom. The van der Waals surface area contributed by atoms with Gasteiger partial charge in [0.15, 0.2) is 0 Å². The Morgan fingerprint density at radius 1 is 1.20 bits per heavy atom. The van der Waals surface area contributed by atoms with Crippen LogP contribution < -0.4 is 0 Å². The quantitative estimate of drug-likeness (QED) is 0.504. The van der Waals surface area contributed by atoms with Crippen molar-refractivity contribution in [2.24, 2.45) is 0 Å². The molecule has 1 heterocycles. The van der Waals surface area contributed by atoms with Gasteiger partial charge in [0.05, 0.1) is 12.1 Å². The van der Waals surface area contributed by atoms with Crippen molar-refractivity contribution in [1.29, 1.82) is 0 Å². The maximum absolute atomic E-state index is 12.1. The lowest BCUT2D eigenvalue weighted by molar-refractivity contribution is -0.137. The molecule has 25 heavy (non-hydrogen) atoms. The highest BCUT2D eigenvalue weighted by atomic mass is 16.4. The van der Waals surface area contributed by atoms with Crippen LogP contribution >= 0.6 is 0 Å². The lowest BCUT2D eigenvalue weighted by Crippen LogP contribution is -2.32. The summed E-state index contributed by atoms with van der Waals surface area (Å²) in [6.07, 6.45) is 7.98. The third kappa shape index (κ3) is 6.35. The van der Waals surface area contributed by atoms with E-state index < -0.39 is 12.1 Å². The largest absolute Gasteiger partial charge is 0.481 e. The van der Waals surface area contributed by atoms with E-state index in [0.29, 0.717) is 19.4 Å². The first-order valence-electron chi connectivity index (χ1n) is 9.00. The van der Waals surface area contributed by atoms with Crippen LogP contribution in [-0.4, -0.2) is 39.6 Å². The minimum Gasteiger partial charge on any atom is -0.481 e. The van der Waals surface area contributed by atoms with Crippen LogP contribution in [-0.2, 0) is 9.59 Å². The highest BCUT2D eigenvalue weighted by Gasteiger charge is 2.28. The Bertz CT molecular complexity index is 585. The molecular formula is C20H27NO4. The third-order valence-electron chi connectivity index (χ3n) is 4.57. The summed E-state index contributed by atoms with van der Waals surface area (Å²) in [6, 6.07) is 9.50. The number of hydrogen-bond donors (Lipinski definition) is 2. The average Bonchev–Trinajstić information content (AvgIpc) is 2.96. The van der Waals surface area contributed by atoms with Crippen molar-refractivity contribution in [2.75, 3.05) is 6.54 Å². The first-order chi connectivity index (χ1) is 12.1. The van der Waals surface area contributed by atoms with Gasteiger partial charge in [0.1, 0.15) is 0 Å². The Kier molecular flexibility index (Phi) is 7.67. The van der Waals surface area contributed by atoms with Crippen LogP contribution in [0.4, 0.5) is 0 Å². The molecule has 2 atom stereocenters. The van der Waals surface area contributed by atoms with Gasteiger partial charge in [-0.15, -0.1) is 0 Å². The maximum atomic E-state index is 12.1. The van der Waals surface area contributed by atoms with Gasteiger partial charge in [0.2, 0.25) is 5.91 Å². The van der Waals surface area contributed by atoms with E-state index in [2.05, 4.69) is 0 Å². The molecule has 0 aromatic heterocycles. The van der Waals surface area contributed by atoms with Crippen LogP contribution in [0.1, 0.15) is 56.6 Å². The van der Waals surface area contributed by atoms with E-state index in [1.54, 1.807) is 6.08 Å². The number of aliphatic hydroxyl groups excluding tert-OH is 1. The number of unbranched alkanes of at least 4 members (excludes halogenated alkanes) is 3. The molecule has 2 rings (SSSR count). The molecule has 0 saturated carbocycles. The molecule has 5 heteroatoms. The fourth-order valence-electron chi connectivity index (χ4n) is 3.15. The SMILES string of the molecule is O=C(O)CCCCCCN1C(=O)CCC1/C=C/[C@@H](O)c1ccccc1. The van der Waals surface area contributed by atoms with Gasteiger partial charge in [-0.05, 0) is 24.8 Å². The zero-order chi connectivity index (χ0) is 18.1. The molecule has 0 spiro atoms. The van der Waals surface area contributed by atoms with Crippen molar-refractivity contribution < 1.29 is 19.8 Å². The van der Waals surface area contributed by atoms with Gasteiger partial charge < -0.3 is 15.1 Å². The van der Waals surface area contributed by atoms with Crippen molar-refractivity contribution in [2.45, 2.75) is 57.1 Å². The van der Waals surface area contributed by atoms with Gasteiger partial charge in [-0.25, -0.2) is 0 Å². The van der Waals surface area contributed by atoms with Crippen LogP contribution in [0.15, 0.2) is 42.5 Å². The number of rotatable bonds is 10. The number of nitrogens with zero attached hydrogens (tertiary/aromatic N) is 1. The predicted octanol–water partition coefficient (Wildman–Crippen LogP) is 3.30. The normalized spacial score (nSPS) is 18.8. The standard InChI is InChI=1S/C20H27NO4/c22-18(16-8-4-3-5-9-16)13-11-17-12-14-19(23)21(17)15-7-2-1-6-10-20(24)25/h3-5,8-9,11,13,17-18,22H,1-2,6-7,10,12,14-15H2,(H,24,25)/b13-11+/t17?,18-/m1/s1. The molecule has 5 nitrogen and oxygen atoms in total. The summed E-state index contributed by atoms with van der Waals surface area (Å²) in [5, 5.41) is 18.8. The third-order valence-corrected chi connectivity index (χ3v) is 4.57. The highest BCUT2D eigenvalue weighted by molar-refractivity contribution is 5.79. The summed E-state index contributed by atoms with van der Waals surface area (Å²) in [5.41, 5.74) is 0.841. The predicted molar refractivity (Wildman–Crippen MR) is 96.0 cm³/mol. The summed E-state index contributed by atoms with van der Waals surface area (Å²) < 4.78 is 0. The monoisotopic (exact) mass is 345 g/mol. The van der Waals surface area contributed by atoms with Crippen LogP contribution in [0.25, 0.3) is 0 Å². The van der Waals surface area contributed by atoms with Crippen molar-refractivity contribution in [3.05, 3.63) is 48.0 Å². The fraction of sp³-hybridized carbons (Fsp3) is 0.500. The Labute approximate surface area is 149 Å². The first kappa shape index (κ1) is 19.2. The molecule has 1 aromatic rings. The number of hydrogen-bond acceptors (Lipinski definition) is 3. The maximum Gasteiger partial charge on any atom is 0.303 e. The van der Waals surface area contributed by atoms with Crippen molar-refractivity contribution in [3.63, 3.8) is 0 Å². The Balaban J connectivity index is 1.78. The van der Waals surface area contributed by atoms with Crippen LogP contribution in [0.5, 0.6) is 0 Å². The van der Waals surface area contributed by atoms with Crippen molar-refractivity contribution >= 4 is 11.9 Å². The fourth-order valence-corrected chi connectivity index (χ4v) is 3.15. The zero-order valence-corrected chi connectivity index (χ0v) is 14.5. The van der Waals surface area contributed by atoms with E-state index in [1.165, 1.54) is 0 Å². The summed E-state index contributed by atoms with van der Waals surface area (Å²) >= 11 is 0. The van der Waals surface area contributed by atoms with E-state index >= 15 is 0 Å². The minimum atomic E-state index is -0.753.